The Hall–Kier alpha value is -1.10. The van der Waals surface area contributed by atoms with E-state index in [0.29, 0.717) is 12.5 Å². The number of nitrogens with one attached hydrogen (secondary N) is 1. The molecule has 0 aromatic carbocycles. The predicted molar refractivity (Wildman–Crippen MR) is 73.6 cm³/mol. The van der Waals surface area contributed by atoms with E-state index >= 15 is 0 Å². The molecule has 1 atom stereocenters. The molecule has 19 heavy (non-hydrogen) atoms. The summed E-state index contributed by atoms with van der Waals surface area (Å²) in [5, 5.41) is 11.4. The number of aliphatic carboxylic acids is 1. The maximum absolute atomic E-state index is 11.7. The molecule has 0 aromatic heterocycles. The fourth-order valence-corrected chi connectivity index (χ4v) is 2.63. The fourth-order valence-electron chi connectivity index (χ4n) is 2.63. The van der Waals surface area contributed by atoms with E-state index in [1.807, 2.05) is 0 Å². The standard InChI is InChI=1S/C14H26N2O3/c1-2-10-3-5-11(6-4-10)9-16-14(19)12(15)7-8-13(17)18/h10-12H,2-9,15H2,1H3,(H,16,19)(H,17,18). The van der Waals surface area contributed by atoms with Gasteiger partial charge in [0, 0.05) is 13.0 Å². The van der Waals surface area contributed by atoms with Crippen LogP contribution in [0.5, 0.6) is 0 Å². The van der Waals surface area contributed by atoms with Gasteiger partial charge in [-0.25, -0.2) is 0 Å². The van der Waals surface area contributed by atoms with Gasteiger partial charge in [0.25, 0.3) is 0 Å². The molecule has 0 aromatic rings. The van der Waals surface area contributed by atoms with Gasteiger partial charge >= 0.3 is 5.97 Å². The van der Waals surface area contributed by atoms with Crippen molar-refractivity contribution in [3.63, 3.8) is 0 Å². The van der Waals surface area contributed by atoms with Crippen LogP contribution in [-0.2, 0) is 9.59 Å². The Morgan fingerprint density at radius 3 is 2.37 bits per heavy atom. The molecule has 0 aliphatic heterocycles. The normalized spacial score (nSPS) is 24.7. The van der Waals surface area contributed by atoms with Crippen molar-refractivity contribution >= 4 is 11.9 Å². The van der Waals surface area contributed by atoms with Gasteiger partial charge in [-0.3, -0.25) is 9.59 Å². The highest BCUT2D eigenvalue weighted by Crippen LogP contribution is 2.30. The second-order valence-electron chi connectivity index (χ2n) is 5.58. The fraction of sp³-hybridized carbons (Fsp3) is 0.857. The van der Waals surface area contributed by atoms with E-state index in [2.05, 4.69) is 12.2 Å². The second kappa shape index (κ2) is 8.15. The average Bonchev–Trinajstić information content (AvgIpc) is 2.42. The van der Waals surface area contributed by atoms with Crippen molar-refractivity contribution in [2.45, 2.75) is 57.9 Å². The predicted octanol–water partition coefficient (Wildman–Crippen LogP) is 1.51. The number of rotatable bonds is 7. The van der Waals surface area contributed by atoms with E-state index in [1.165, 1.54) is 32.1 Å². The highest BCUT2D eigenvalue weighted by atomic mass is 16.4. The van der Waals surface area contributed by atoms with Crippen LogP contribution in [0.15, 0.2) is 0 Å². The summed E-state index contributed by atoms with van der Waals surface area (Å²) in [5.74, 6) is 0.267. The highest BCUT2D eigenvalue weighted by Gasteiger charge is 2.21. The number of hydrogen-bond donors (Lipinski definition) is 3. The Labute approximate surface area is 114 Å². The summed E-state index contributed by atoms with van der Waals surface area (Å²) in [6.45, 7) is 2.91. The minimum Gasteiger partial charge on any atom is -0.481 e. The molecule has 0 bridgehead atoms. The third-order valence-corrected chi connectivity index (χ3v) is 4.11. The summed E-state index contributed by atoms with van der Waals surface area (Å²) < 4.78 is 0. The number of carboxylic acid groups (broad SMARTS) is 1. The SMILES string of the molecule is CCC1CCC(CNC(=O)C(N)CCC(=O)O)CC1. The van der Waals surface area contributed by atoms with Crippen LogP contribution < -0.4 is 11.1 Å². The molecule has 1 amide bonds. The smallest absolute Gasteiger partial charge is 0.303 e. The third kappa shape index (κ3) is 6.05. The van der Waals surface area contributed by atoms with Crippen LogP contribution >= 0.6 is 0 Å². The molecule has 0 spiro atoms. The Balaban J connectivity index is 2.17. The lowest BCUT2D eigenvalue weighted by atomic mass is 9.81. The van der Waals surface area contributed by atoms with Crippen LogP contribution in [0.2, 0.25) is 0 Å². The lowest BCUT2D eigenvalue weighted by Gasteiger charge is -2.28. The van der Waals surface area contributed by atoms with Crippen molar-refractivity contribution in [3.8, 4) is 0 Å². The summed E-state index contributed by atoms with van der Waals surface area (Å²) in [5.41, 5.74) is 5.65. The Morgan fingerprint density at radius 1 is 1.26 bits per heavy atom. The first kappa shape index (κ1) is 16.0. The molecule has 4 N–H and O–H groups in total. The molecule has 110 valence electrons. The van der Waals surface area contributed by atoms with E-state index in [-0.39, 0.29) is 18.7 Å². The number of carbonyl (C=O) groups excluding carboxylic acids is 1. The third-order valence-electron chi connectivity index (χ3n) is 4.11. The van der Waals surface area contributed by atoms with Crippen LogP contribution in [0, 0.1) is 11.8 Å². The molecular weight excluding hydrogens is 244 g/mol. The van der Waals surface area contributed by atoms with Crippen LogP contribution in [0.3, 0.4) is 0 Å². The molecule has 1 aliphatic carbocycles. The Kier molecular flexibility index (Phi) is 6.84. The molecule has 0 radical (unpaired) electrons. The molecule has 5 nitrogen and oxygen atoms in total. The quantitative estimate of drug-likeness (QED) is 0.654. The van der Waals surface area contributed by atoms with Crippen molar-refractivity contribution in [2.24, 2.45) is 17.6 Å². The maximum atomic E-state index is 11.7. The average molecular weight is 270 g/mol. The van der Waals surface area contributed by atoms with Gasteiger partial charge in [0.2, 0.25) is 5.91 Å². The topological polar surface area (TPSA) is 92.4 Å². The second-order valence-corrected chi connectivity index (χ2v) is 5.58. The lowest BCUT2D eigenvalue weighted by molar-refractivity contribution is -0.137. The summed E-state index contributed by atoms with van der Waals surface area (Å²) in [7, 11) is 0. The number of nitrogens with two attached hydrogens (primary N) is 1. The van der Waals surface area contributed by atoms with Gasteiger partial charge < -0.3 is 16.2 Å². The monoisotopic (exact) mass is 270 g/mol. The molecule has 1 rings (SSSR count). The summed E-state index contributed by atoms with van der Waals surface area (Å²) in [4.78, 5) is 22.1. The minimum atomic E-state index is -0.916. The van der Waals surface area contributed by atoms with Gasteiger partial charge in [-0.15, -0.1) is 0 Å². The van der Waals surface area contributed by atoms with Crippen molar-refractivity contribution in [1.29, 1.82) is 0 Å². The number of hydrogen-bond acceptors (Lipinski definition) is 3. The summed E-state index contributed by atoms with van der Waals surface area (Å²) in [6, 6.07) is -0.705. The van der Waals surface area contributed by atoms with E-state index in [9.17, 15) is 9.59 Å². The van der Waals surface area contributed by atoms with Gasteiger partial charge in [-0.2, -0.15) is 0 Å². The first-order valence-corrected chi connectivity index (χ1v) is 7.28. The summed E-state index contributed by atoms with van der Waals surface area (Å²) >= 11 is 0. The number of carbonyl (C=O) groups is 2. The van der Waals surface area contributed by atoms with Crippen molar-refractivity contribution in [3.05, 3.63) is 0 Å². The van der Waals surface area contributed by atoms with Crippen LogP contribution in [0.25, 0.3) is 0 Å². The van der Waals surface area contributed by atoms with Crippen LogP contribution in [0.1, 0.15) is 51.9 Å². The first-order chi connectivity index (χ1) is 9.02. The van der Waals surface area contributed by atoms with Crippen molar-refractivity contribution < 1.29 is 14.7 Å². The minimum absolute atomic E-state index is 0.0593. The van der Waals surface area contributed by atoms with E-state index < -0.39 is 12.0 Å². The molecule has 1 saturated carbocycles. The molecule has 1 fully saturated rings. The Bertz CT molecular complexity index is 299. The van der Waals surface area contributed by atoms with E-state index in [0.717, 1.165) is 5.92 Å². The van der Waals surface area contributed by atoms with Gasteiger partial charge in [0.15, 0.2) is 0 Å². The van der Waals surface area contributed by atoms with Crippen molar-refractivity contribution in [1.82, 2.24) is 5.32 Å². The molecular formula is C14H26N2O3. The van der Waals surface area contributed by atoms with Crippen LogP contribution in [-0.4, -0.2) is 29.6 Å². The molecule has 1 unspecified atom stereocenters. The van der Waals surface area contributed by atoms with Gasteiger partial charge in [-0.1, -0.05) is 26.2 Å². The molecule has 0 saturated heterocycles. The highest BCUT2D eigenvalue weighted by molar-refractivity contribution is 5.82. The van der Waals surface area contributed by atoms with E-state index in [4.69, 9.17) is 10.8 Å². The Morgan fingerprint density at radius 2 is 1.84 bits per heavy atom. The van der Waals surface area contributed by atoms with Crippen molar-refractivity contribution in [2.75, 3.05) is 6.54 Å². The molecule has 1 aliphatic rings. The van der Waals surface area contributed by atoms with Crippen LogP contribution in [0.4, 0.5) is 0 Å². The zero-order valence-electron chi connectivity index (χ0n) is 11.7. The lowest BCUT2D eigenvalue weighted by Crippen LogP contribution is -2.43. The molecule has 5 heteroatoms. The largest absolute Gasteiger partial charge is 0.481 e. The summed E-state index contributed by atoms with van der Waals surface area (Å²) in [6.07, 6.45) is 6.23. The molecule has 0 heterocycles. The number of amides is 1. The van der Waals surface area contributed by atoms with E-state index in [1.54, 1.807) is 0 Å². The zero-order valence-corrected chi connectivity index (χ0v) is 11.7. The first-order valence-electron chi connectivity index (χ1n) is 7.28. The van der Waals surface area contributed by atoms with Gasteiger partial charge in [-0.05, 0) is 31.1 Å². The zero-order chi connectivity index (χ0) is 14.3. The maximum Gasteiger partial charge on any atom is 0.303 e. The van der Waals surface area contributed by atoms with Gasteiger partial charge in [0.05, 0.1) is 6.04 Å². The number of carboxylic acids is 1. The van der Waals surface area contributed by atoms with Gasteiger partial charge in [0.1, 0.15) is 0 Å².